The summed E-state index contributed by atoms with van der Waals surface area (Å²) in [5, 5.41) is 9.45. The van der Waals surface area contributed by atoms with E-state index in [1.54, 1.807) is 0 Å². The summed E-state index contributed by atoms with van der Waals surface area (Å²) in [4.78, 5) is 2.28. The molecule has 1 aliphatic heterocycles. The standard InChI is InChI=1S/C8H17NO/c1-7-3-5-9(2)6-4-8(7)10/h7-8,10H,3-6H2,1-2H3/t7-,8+/m0/s1. The fourth-order valence-corrected chi connectivity index (χ4v) is 1.37. The quantitative estimate of drug-likeness (QED) is 0.540. The van der Waals surface area contributed by atoms with Crippen LogP contribution in [0.4, 0.5) is 0 Å². The molecule has 0 aliphatic carbocycles. The molecule has 0 amide bonds. The Labute approximate surface area is 62.8 Å². The van der Waals surface area contributed by atoms with Gasteiger partial charge in [0.15, 0.2) is 0 Å². The first-order chi connectivity index (χ1) is 4.70. The van der Waals surface area contributed by atoms with Gasteiger partial charge in [-0.05, 0) is 32.4 Å². The highest BCUT2D eigenvalue weighted by Crippen LogP contribution is 2.15. The second-order valence-electron chi connectivity index (χ2n) is 3.43. The highest BCUT2D eigenvalue weighted by atomic mass is 16.3. The van der Waals surface area contributed by atoms with E-state index in [4.69, 9.17) is 0 Å². The lowest BCUT2D eigenvalue weighted by Gasteiger charge is -2.12. The number of rotatable bonds is 0. The summed E-state index contributed by atoms with van der Waals surface area (Å²) in [6.07, 6.45) is 2.01. The van der Waals surface area contributed by atoms with Gasteiger partial charge in [-0.3, -0.25) is 0 Å². The molecule has 0 spiro atoms. The molecule has 0 aromatic rings. The summed E-state index contributed by atoms with van der Waals surface area (Å²) in [7, 11) is 2.12. The number of nitrogens with zero attached hydrogens (tertiary/aromatic N) is 1. The SMILES string of the molecule is C[C@H]1CCN(C)CC[C@H]1O. The van der Waals surface area contributed by atoms with E-state index in [9.17, 15) is 5.11 Å². The molecule has 1 fully saturated rings. The first kappa shape index (κ1) is 8.02. The zero-order chi connectivity index (χ0) is 7.56. The summed E-state index contributed by atoms with van der Waals surface area (Å²) in [5.41, 5.74) is 0. The van der Waals surface area contributed by atoms with Crippen LogP contribution in [0.3, 0.4) is 0 Å². The molecule has 0 saturated carbocycles. The van der Waals surface area contributed by atoms with E-state index < -0.39 is 0 Å². The molecule has 1 heterocycles. The fourth-order valence-electron chi connectivity index (χ4n) is 1.37. The van der Waals surface area contributed by atoms with Crippen molar-refractivity contribution in [2.24, 2.45) is 5.92 Å². The van der Waals surface area contributed by atoms with Crippen molar-refractivity contribution in [2.75, 3.05) is 20.1 Å². The van der Waals surface area contributed by atoms with Crippen molar-refractivity contribution in [1.82, 2.24) is 4.90 Å². The van der Waals surface area contributed by atoms with E-state index in [0.29, 0.717) is 5.92 Å². The van der Waals surface area contributed by atoms with Crippen LogP contribution in [0.5, 0.6) is 0 Å². The molecule has 0 aromatic heterocycles. The van der Waals surface area contributed by atoms with Gasteiger partial charge in [-0.25, -0.2) is 0 Å². The lowest BCUT2D eigenvalue weighted by Crippen LogP contribution is -2.19. The second kappa shape index (κ2) is 3.35. The monoisotopic (exact) mass is 143 g/mol. The molecule has 2 heteroatoms. The molecule has 1 aliphatic rings. The highest BCUT2D eigenvalue weighted by molar-refractivity contribution is 4.71. The number of aliphatic hydroxyl groups excluding tert-OH is 1. The molecular formula is C8H17NO. The predicted molar refractivity (Wildman–Crippen MR) is 41.9 cm³/mol. The maximum Gasteiger partial charge on any atom is 0.0578 e. The third-order valence-electron chi connectivity index (χ3n) is 2.43. The number of hydrogen-bond acceptors (Lipinski definition) is 2. The first-order valence-electron chi connectivity index (χ1n) is 4.07. The number of likely N-dealkylation sites (tertiary alicyclic amines) is 1. The minimum Gasteiger partial charge on any atom is -0.393 e. The second-order valence-corrected chi connectivity index (χ2v) is 3.43. The number of hydrogen-bond donors (Lipinski definition) is 1. The van der Waals surface area contributed by atoms with Gasteiger partial charge in [0.1, 0.15) is 0 Å². The number of aliphatic hydroxyl groups is 1. The van der Waals surface area contributed by atoms with Gasteiger partial charge in [-0.15, -0.1) is 0 Å². The summed E-state index contributed by atoms with van der Waals surface area (Å²) in [6, 6.07) is 0. The van der Waals surface area contributed by atoms with Crippen molar-refractivity contribution in [3.63, 3.8) is 0 Å². The van der Waals surface area contributed by atoms with Crippen molar-refractivity contribution in [1.29, 1.82) is 0 Å². The van der Waals surface area contributed by atoms with Crippen LogP contribution in [-0.4, -0.2) is 36.2 Å². The summed E-state index contributed by atoms with van der Waals surface area (Å²) < 4.78 is 0. The van der Waals surface area contributed by atoms with Crippen LogP contribution < -0.4 is 0 Å². The third-order valence-corrected chi connectivity index (χ3v) is 2.43. The minimum absolute atomic E-state index is 0.0649. The summed E-state index contributed by atoms with van der Waals surface area (Å²) in [6.45, 7) is 4.31. The normalized spacial score (nSPS) is 37.5. The first-order valence-corrected chi connectivity index (χ1v) is 4.07. The van der Waals surface area contributed by atoms with Crippen molar-refractivity contribution in [2.45, 2.75) is 25.9 Å². The van der Waals surface area contributed by atoms with Crippen molar-refractivity contribution >= 4 is 0 Å². The molecule has 2 nitrogen and oxygen atoms in total. The van der Waals surface area contributed by atoms with Gasteiger partial charge >= 0.3 is 0 Å². The smallest absolute Gasteiger partial charge is 0.0578 e. The van der Waals surface area contributed by atoms with Gasteiger partial charge < -0.3 is 10.0 Å². The van der Waals surface area contributed by atoms with E-state index in [2.05, 4.69) is 18.9 Å². The van der Waals surface area contributed by atoms with Crippen LogP contribution in [0, 0.1) is 5.92 Å². The van der Waals surface area contributed by atoms with Crippen LogP contribution >= 0.6 is 0 Å². The van der Waals surface area contributed by atoms with Crippen LogP contribution in [0.25, 0.3) is 0 Å². The molecule has 1 N–H and O–H groups in total. The molecule has 2 atom stereocenters. The molecule has 10 heavy (non-hydrogen) atoms. The molecular weight excluding hydrogens is 126 g/mol. The lowest BCUT2D eigenvalue weighted by atomic mass is 10.0. The topological polar surface area (TPSA) is 23.5 Å². The van der Waals surface area contributed by atoms with Crippen molar-refractivity contribution < 1.29 is 5.11 Å². The Morgan fingerprint density at radius 1 is 1.30 bits per heavy atom. The summed E-state index contributed by atoms with van der Waals surface area (Å²) >= 11 is 0. The van der Waals surface area contributed by atoms with Gasteiger partial charge in [-0.1, -0.05) is 6.92 Å². The Morgan fingerprint density at radius 2 is 1.90 bits per heavy atom. The van der Waals surface area contributed by atoms with Crippen molar-refractivity contribution in [3.05, 3.63) is 0 Å². The van der Waals surface area contributed by atoms with Gasteiger partial charge in [0.2, 0.25) is 0 Å². The van der Waals surface area contributed by atoms with Crippen LogP contribution in [-0.2, 0) is 0 Å². The largest absolute Gasteiger partial charge is 0.393 e. The highest BCUT2D eigenvalue weighted by Gasteiger charge is 2.18. The van der Waals surface area contributed by atoms with Crippen molar-refractivity contribution in [3.8, 4) is 0 Å². The van der Waals surface area contributed by atoms with Gasteiger partial charge in [0.25, 0.3) is 0 Å². The Balaban J connectivity index is 2.38. The predicted octanol–water partition coefficient (Wildman–Crippen LogP) is 0.709. The zero-order valence-corrected chi connectivity index (χ0v) is 6.88. The minimum atomic E-state index is -0.0649. The molecule has 0 bridgehead atoms. The van der Waals surface area contributed by atoms with E-state index >= 15 is 0 Å². The van der Waals surface area contributed by atoms with E-state index in [0.717, 1.165) is 25.9 Å². The van der Waals surface area contributed by atoms with Gasteiger partial charge in [0, 0.05) is 6.54 Å². The van der Waals surface area contributed by atoms with E-state index in [1.165, 1.54) is 0 Å². The van der Waals surface area contributed by atoms with Crippen LogP contribution in [0.2, 0.25) is 0 Å². The fraction of sp³-hybridized carbons (Fsp3) is 1.00. The van der Waals surface area contributed by atoms with E-state index in [-0.39, 0.29) is 6.10 Å². The Hall–Kier alpha value is -0.0800. The molecule has 60 valence electrons. The molecule has 1 saturated heterocycles. The molecule has 1 rings (SSSR count). The molecule has 0 unspecified atom stereocenters. The summed E-state index contributed by atoms with van der Waals surface area (Å²) in [5.74, 6) is 0.491. The van der Waals surface area contributed by atoms with E-state index in [1.807, 2.05) is 0 Å². The van der Waals surface area contributed by atoms with Gasteiger partial charge in [0.05, 0.1) is 6.10 Å². The molecule has 0 radical (unpaired) electrons. The lowest BCUT2D eigenvalue weighted by molar-refractivity contribution is 0.113. The van der Waals surface area contributed by atoms with Crippen LogP contribution in [0.1, 0.15) is 19.8 Å². The maximum absolute atomic E-state index is 9.45. The average molecular weight is 143 g/mol. The van der Waals surface area contributed by atoms with Gasteiger partial charge in [-0.2, -0.15) is 0 Å². The molecule has 0 aromatic carbocycles. The zero-order valence-electron chi connectivity index (χ0n) is 6.88. The Bertz CT molecular complexity index is 93.4. The van der Waals surface area contributed by atoms with Crippen LogP contribution in [0.15, 0.2) is 0 Å². The maximum atomic E-state index is 9.45. The average Bonchev–Trinajstić information content (AvgIpc) is 2.04. The Morgan fingerprint density at radius 3 is 2.60 bits per heavy atom. The third kappa shape index (κ3) is 1.96. The Kier molecular flexibility index (Phi) is 2.69.